The second-order valence-corrected chi connectivity index (χ2v) is 7.62. The van der Waals surface area contributed by atoms with E-state index < -0.39 is 5.82 Å². The first-order chi connectivity index (χ1) is 13.1. The first-order valence-corrected chi connectivity index (χ1v) is 10.3. The summed E-state index contributed by atoms with van der Waals surface area (Å²) >= 11 is 2.95. The molecule has 0 aliphatic heterocycles. The highest BCUT2D eigenvalue weighted by Crippen LogP contribution is 2.28. The van der Waals surface area contributed by atoms with E-state index in [2.05, 4.69) is 40.5 Å². The van der Waals surface area contributed by atoms with Crippen LogP contribution in [-0.2, 0) is 17.8 Å². The Balaban J connectivity index is 1.72. The van der Waals surface area contributed by atoms with Crippen molar-refractivity contribution in [3.63, 3.8) is 0 Å². The third kappa shape index (κ3) is 4.64. The SMILES string of the molecule is C=CCn1c(SCC(=O)Nc2ccccc2F)nnc1-c1csc(CC)c1. The van der Waals surface area contributed by atoms with Crippen LogP contribution in [0.4, 0.5) is 10.1 Å². The summed E-state index contributed by atoms with van der Waals surface area (Å²) in [6, 6.07) is 8.19. The summed E-state index contributed by atoms with van der Waals surface area (Å²) in [5.74, 6) is 0.0941. The Kier molecular flexibility index (Phi) is 6.41. The highest BCUT2D eigenvalue weighted by molar-refractivity contribution is 7.99. The number of rotatable bonds is 8. The molecule has 140 valence electrons. The van der Waals surface area contributed by atoms with Gasteiger partial charge < -0.3 is 5.32 Å². The predicted octanol–water partition coefficient (Wildman–Crippen LogP) is 4.62. The Bertz CT molecular complexity index is 951. The lowest BCUT2D eigenvalue weighted by molar-refractivity contribution is -0.113. The minimum absolute atomic E-state index is 0.105. The molecule has 2 aromatic heterocycles. The van der Waals surface area contributed by atoms with Gasteiger partial charge in [0.15, 0.2) is 11.0 Å². The smallest absolute Gasteiger partial charge is 0.234 e. The van der Waals surface area contributed by atoms with Gasteiger partial charge in [0.05, 0.1) is 11.4 Å². The first kappa shape index (κ1) is 19.3. The molecule has 8 heteroatoms. The Labute approximate surface area is 165 Å². The lowest BCUT2D eigenvalue weighted by Crippen LogP contribution is -2.15. The number of allylic oxidation sites excluding steroid dienone is 1. The number of carbonyl (C=O) groups is 1. The molecule has 0 saturated carbocycles. The lowest BCUT2D eigenvalue weighted by Gasteiger charge is -2.08. The van der Waals surface area contributed by atoms with Crippen LogP contribution >= 0.6 is 23.1 Å². The monoisotopic (exact) mass is 402 g/mol. The number of para-hydroxylation sites is 1. The van der Waals surface area contributed by atoms with E-state index in [4.69, 9.17) is 0 Å². The number of aryl methyl sites for hydroxylation is 1. The molecule has 0 radical (unpaired) electrons. The quantitative estimate of drug-likeness (QED) is 0.441. The van der Waals surface area contributed by atoms with Crippen molar-refractivity contribution in [3.8, 4) is 11.4 Å². The molecule has 3 aromatic rings. The Morgan fingerprint density at radius 2 is 2.22 bits per heavy atom. The van der Waals surface area contributed by atoms with E-state index in [0.717, 1.165) is 17.8 Å². The molecule has 0 spiro atoms. The van der Waals surface area contributed by atoms with E-state index in [9.17, 15) is 9.18 Å². The van der Waals surface area contributed by atoms with Crippen molar-refractivity contribution in [2.24, 2.45) is 0 Å². The summed E-state index contributed by atoms with van der Waals surface area (Å²) in [4.78, 5) is 13.4. The van der Waals surface area contributed by atoms with E-state index in [1.807, 2.05) is 4.57 Å². The molecule has 2 heterocycles. The molecule has 1 N–H and O–H groups in total. The number of halogens is 1. The average Bonchev–Trinajstić information content (AvgIpc) is 3.29. The molecular weight excluding hydrogens is 383 g/mol. The average molecular weight is 403 g/mol. The van der Waals surface area contributed by atoms with Crippen molar-refractivity contribution in [1.29, 1.82) is 0 Å². The maximum atomic E-state index is 13.6. The highest BCUT2D eigenvalue weighted by Gasteiger charge is 2.16. The van der Waals surface area contributed by atoms with Crippen molar-refractivity contribution < 1.29 is 9.18 Å². The number of thiophene rings is 1. The number of hydrogen-bond acceptors (Lipinski definition) is 5. The zero-order valence-corrected chi connectivity index (χ0v) is 16.4. The number of nitrogens with zero attached hydrogens (tertiary/aromatic N) is 3. The van der Waals surface area contributed by atoms with E-state index in [0.29, 0.717) is 11.7 Å². The van der Waals surface area contributed by atoms with Crippen LogP contribution in [0.15, 0.2) is 53.5 Å². The number of amides is 1. The second-order valence-electron chi connectivity index (χ2n) is 5.68. The molecule has 0 bridgehead atoms. The number of nitrogens with one attached hydrogen (secondary N) is 1. The number of thioether (sulfide) groups is 1. The molecule has 0 aliphatic rings. The molecule has 5 nitrogen and oxygen atoms in total. The number of anilines is 1. The van der Waals surface area contributed by atoms with Gasteiger partial charge in [-0.1, -0.05) is 36.9 Å². The van der Waals surface area contributed by atoms with Gasteiger partial charge in [0.25, 0.3) is 0 Å². The van der Waals surface area contributed by atoms with Crippen molar-refractivity contribution >= 4 is 34.7 Å². The molecule has 0 atom stereocenters. The van der Waals surface area contributed by atoms with Crippen LogP contribution in [0.2, 0.25) is 0 Å². The first-order valence-electron chi connectivity index (χ1n) is 8.41. The molecule has 1 aromatic carbocycles. The Morgan fingerprint density at radius 1 is 1.41 bits per heavy atom. The van der Waals surface area contributed by atoms with E-state index >= 15 is 0 Å². The van der Waals surface area contributed by atoms with Gasteiger partial charge >= 0.3 is 0 Å². The van der Waals surface area contributed by atoms with Crippen molar-refractivity contribution in [3.05, 3.63) is 59.1 Å². The fourth-order valence-electron chi connectivity index (χ4n) is 2.46. The highest BCUT2D eigenvalue weighted by atomic mass is 32.2. The van der Waals surface area contributed by atoms with Crippen molar-refractivity contribution in [1.82, 2.24) is 14.8 Å². The molecule has 0 aliphatic carbocycles. The fraction of sp³-hybridized carbons (Fsp3) is 0.211. The minimum atomic E-state index is -0.461. The largest absolute Gasteiger partial charge is 0.323 e. The maximum absolute atomic E-state index is 13.6. The Morgan fingerprint density at radius 3 is 2.93 bits per heavy atom. The number of aromatic nitrogens is 3. The number of benzene rings is 1. The molecule has 1 amide bonds. The normalized spacial score (nSPS) is 10.7. The second kappa shape index (κ2) is 8.96. The van der Waals surface area contributed by atoms with Crippen molar-refractivity contribution in [2.45, 2.75) is 25.0 Å². The molecule has 27 heavy (non-hydrogen) atoms. The third-order valence-electron chi connectivity index (χ3n) is 3.77. The topological polar surface area (TPSA) is 59.8 Å². The van der Waals surface area contributed by atoms with Gasteiger partial charge in [0.2, 0.25) is 5.91 Å². The van der Waals surface area contributed by atoms with E-state index in [1.165, 1.54) is 28.8 Å². The van der Waals surface area contributed by atoms with Crippen molar-refractivity contribution in [2.75, 3.05) is 11.1 Å². The van der Waals surface area contributed by atoms with Gasteiger partial charge in [-0.25, -0.2) is 4.39 Å². The third-order valence-corrected chi connectivity index (χ3v) is 5.82. The van der Waals surface area contributed by atoms with Crippen LogP contribution in [0.25, 0.3) is 11.4 Å². The van der Waals surface area contributed by atoms with Gasteiger partial charge in [0, 0.05) is 22.4 Å². The molecular formula is C19H19FN4OS2. The minimum Gasteiger partial charge on any atom is -0.323 e. The van der Waals surface area contributed by atoms with Gasteiger partial charge in [0.1, 0.15) is 5.82 Å². The standard InChI is InChI=1S/C19H19FN4OS2/c1-3-9-24-18(13-10-14(4-2)26-11-13)22-23-19(24)27-12-17(25)21-16-8-6-5-7-15(16)20/h3,5-8,10-11H,1,4,9,12H2,2H3,(H,21,25). The summed E-state index contributed by atoms with van der Waals surface area (Å²) in [5.41, 5.74) is 1.18. The summed E-state index contributed by atoms with van der Waals surface area (Å²) in [7, 11) is 0. The van der Waals surface area contributed by atoms with Crippen LogP contribution in [0.1, 0.15) is 11.8 Å². The number of hydrogen-bond donors (Lipinski definition) is 1. The molecule has 0 fully saturated rings. The van der Waals surface area contributed by atoms with Crippen LogP contribution in [-0.4, -0.2) is 26.4 Å². The van der Waals surface area contributed by atoms with E-state index in [1.54, 1.807) is 29.5 Å². The van der Waals surface area contributed by atoms with Crippen LogP contribution < -0.4 is 5.32 Å². The summed E-state index contributed by atoms with van der Waals surface area (Å²) in [5, 5.41) is 13.8. The van der Waals surface area contributed by atoms with Crippen LogP contribution in [0, 0.1) is 5.82 Å². The summed E-state index contributed by atoms with van der Waals surface area (Å²) < 4.78 is 15.6. The van der Waals surface area contributed by atoms with Crippen LogP contribution in [0.5, 0.6) is 0 Å². The molecule has 0 unspecified atom stereocenters. The fourth-order valence-corrected chi connectivity index (χ4v) is 4.03. The summed E-state index contributed by atoms with van der Waals surface area (Å²) in [6.45, 7) is 6.44. The van der Waals surface area contributed by atoms with Gasteiger partial charge in [-0.2, -0.15) is 0 Å². The predicted molar refractivity (Wildman–Crippen MR) is 109 cm³/mol. The zero-order valence-electron chi connectivity index (χ0n) is 14.8. The van der Waals surface area contributed by atoms with Gasteiger partial charge in [-0.3, -0.25) is 9.36 Å². The van der Waals surface area contributed by atoms with Gasteiger partial charge in [-0.05, 0) is 24.6 Å². The molecule has 3 rings (SSSR count). The summed E-state index contributed by atoms with van der Waals surface area (Å²) in [6.07, 6.45) is 2.74. The van der Waals surface area contributed by atoms with Crippen LogP contribution in [0.3, 0.4) is 0 Å². The zero-order chi connectivity index (χ0) is 19.2. The lowest BCUT2D eigenvalue weighted by atomic mass is 10.2. The number of carbonyl (C=O) groups excluding carboxylic acids is 1. The maximum Gasteiger partial charge on any atom is 0.234 e. The Hall–Kier alpha value is -2.45. The molecule has 0 saturated heterocycles. The van der Waals surface area contributed by atoms with E-state index in [-0.39, 0.29) is 17.3 Å². The van der Waals surface area contributed by atoms with Gasteiger partial charge in [-0.15, -0.1) is 28.1 Å².